The number of hydrogen-bond acceptors (Lipinski definition) is 2. The van der Waals surface area contributed by atoms with Crippen LogP contribution in [0.1, 0.15) is 42.1 Å². The number of rotatable bonds is 8. The van der Waals surface area contributed by atoms with Gasteiger partial charge in [0.25, 0.3) is 5.91 Å². The zero-order valence-corrected chi connectivity index (χ0v) is 14.1. The van der Waals surface area contributed by atoms with E-state index in [0.29, 0.717) is 17.2 Å². The average molecular weight is 342 g/mol. The number of carbonyl (C=O) groups excluding carboxylic acids is 1. The van der Waals surface area contributed by atoms with Gasteiger partial charge in [-0.1, -0.05) is 40.9 Å². The minimum atomic E-state index is -0.0544. The van der Waals surface area contributed by atoms with Crippen LogP contribution in [-0.4, -0.2) is 24.9 Å². The summed E-state index contributed by atoms with van der Waals surface area (Å²) < 4.78 is 5.25. The third-order valence-corrected chi connectivity index (χ3v) is 3.82. The molecule has 0 aliphatic rings. The van der Waals surface area contributed by atoms with Crippen molar-refractivity contribution < 1.29 is 9.53 Å². The smallest absolute Gasteiger partial charge is 0.255 e. The van der Waals surface area contributed by atoms with Crippen molar-refractivity contribution in [1.82, 2.24) is 5.32 Å². The number of ether oxygens (including phenoxy) is 1. The van der Waals surface area contributed by atoms with E-state index in [1.165, 1.54) is 0 Å². The first-order valence-electron chi connectivity index (χ1n) is 7.11. The Hall–Kier alpha value is -1.03. The number of alkyl halides is 1. The lowest BCUT2D eigenvalue weighted by atomic mass is 10.0. The highest BCUT2D eigenvalue weighted by Crippen LogP contribution is 2.20. The number of halogens is 1. The molecule has 112 valence electrons. The fraction of sp³-hybridized carbons (Fsp3) is 0.562. The highest BCUT2D eigenvalue weighted by atomic mass is 79.9. The van der Waals surface area contributed by atoms with Crippen molar-refractivity contribution in [2.75, 3.05) is 19.0 Å². The van der Waals surface area contributed by atoms with Gasteiger partial charge in [-0.2, -0.15) is 0 Å². The number of hydrogen-bond donors (Lipinski definition) is 1. The minimum absolute atomic E-state index is 0.0544. The second-order valence-corrected chi connectivity index (χ2v) is 5.84. The van der Waals surface area contributed by atoms with Crippen molar-refractivity contribution in [1.29, 1.82) is 0 Å². The van der Waals surface area contributed by atoms with Crippen molar-refractivity contribution in [2.24, 2.45) is 5.92 Å². The van der Waals surface area contributed by atoms with E-state index < -0.39 is 0 Å². The van der Waals surface area contributed by atoms with Crippen LogP contribution in [0.2, 0.25) is 0 Å². The molecule has 4 heteroatoms. The molecular formula is C16H24BrNO2. The lowest BCUT2D eigenvalue weighted by molar-refractivity contribution is 0.0943. The van der Waals surface area contributed by atoms with Gasteiger partial charge in [0.15, 0.2) is 0 Å². The van der Waals surface area contributed by atoms with E-state index in [2.05, 4.69) is 28.2 Å². The number of nitrogens with one attached hydrogen (secondary N) is 1. The van der Waals surface area contributed by atoms with Gasteiger partial charge in [0, 0.05) is 11.9 Å². The van der Waals surface area contributed by atoms with Crippen molar-refractivity contribution in [3.63, 3.8) is 0 Å². The van der Waals surface area contributed by atoms with Gasteiger partial charge in [0.05, 0.1) is 12.7 Å². The first-order chi connectivity index (χ1) is 9.62. The molecule has 1 atom stereocenters. The Kier molecular flexibility index (Phi) is 7.67. The van der Waals surface area contributed by atoms with E-state index in [1.54, 1.807) is 7.11 Å². The van der Waals surface area contributed by atoms with Crippen LogP contribution in [0.5, 0.6) is 5.75 Å². The Morgan fingerprint density at radius 2 is 2.15 bits per heavy atom. The van der Waals surface area contributed by atoms with E-state index in [-0.39, 0.29) is 5.91 Å². The van der Waals surface area contributed by atoms with Crippen LogP contribution in [0.25, 0.3) is 0 Å². The van der Waals surface area contributed by atoms with Gasteiger partial charge < -0.3 is 10.1 Å². The Labute approximate surface area is 130 Å². The molecule has 0 aliphatic heterocycles. The second kappa shape index (κ2) is 9.01. The lowest BCUT2D eigenvalue weighted by Gasteiger charge is -2.16. The minimum Gasteiger partial charge on any atom is -0.496 e. The van der Waals surface area contributed by atoms with Crippen LogP contribution < -0.4 is 10.1 Å². The van der Waals surface area contributed by atoms with Crippen LogP contribution in [-0.2, 0) is 0 Å². The molecule has 0 aliphatic carbocycles. The molecule has 0 radical (unpaired) electrons. The summed E-state index contributed by atoms with van der Waals surface area (Å²) in [6, 6.07) is 5.65. The third kappa shape index (κ3) is 5.16. The van der Waals surface area contributed by atoms with E-state index in [9.17, 15) is 4.79 Å². The van der Waals surface area contributed by atoms with E-state index in [0.717, 1.165) is 36.7 Å². The summed E-state index contributed by atoms with van der Waals surface area (Å²) in [5.74, 6) is 1.10. The number of carbonyl (C=O) groups is 1. The van der Waals surface area contributed by atoms with Gasteiger partial charge in [-0.15, -0.1) is 0 Å². The number of aryl methyl sites for hydroxylation is 1. The van der Waals surface area contributed by atoms with Crippen molar-refractivity contribution >= 4 is 21.8 Å². The molecule has 0 bridgehead atoms. The summed E-state index contributed by atoms with van der Waals surface area (Å²) in [5, 5.41) is 4.00. The molecule has 0 heterocycles. The Morgan fingerprint density at radius 3 is 2.75 bits per heavy atom. The summed E-state index contributed by atoms with van der Waals surface area (Å²) in [6.07, 6.45) is 3.36. The molecule has 3 nitrogen and oxygen atoms in total. The monoisotopic (exact) mass is 341 g/mol. The van der Waals surface area contributed by atoms with Crippen LogP contribution in [0.15, 0.2) is 18.2 Å². The summed E-state index contributed by atoms with van der Waals surface area (Å²) in [7, 11) is 1.59. The molecule has 20 heavy (non-hydrogen) atoms. The fourth-order valence-corrected chi connectivity index (χ4v) is 2.89. The maximum atomic E-state index is 12.3. The molecule has 1 unspecified atom stereocenters. The topological polar surface area (TPSA) is 38.3 Å². The molecule has 0 saturated heterocycles. The van der Waals surface area contributed by atoms with Gasteiger partial charge >= 0.3 is 0 Å². The highest BCUT2D eigenvalue weighted by molar-refractivity contribution is 9.09. The lowest BCUT2D eigenvalue weighted by Crippen LogP contribution is -2.30. The van der Waals surface area contributed by atoms with Gasteiger partial charge in [0.1, 0.15) is 5.75 Å². The summed E-state index contributed by atoms with van der Waals surface area (Å²) in [6.45, 7) is 4.86. The second-order valence-electron chi connectivity index (χ2n) is 5.05. The van der Waals surface area contributed by atoms with E-state index >= 15 is 0 Å². The van der Waals surface area contributed by atoms with Crippen molar-refractivity contribution in [2.45, 2.75) is 33.1 Å². The molecule has 0 aromatic heterocycles. The molecule has 1 rings (SSSR count). The SMILES string of the molecule is CCCC(CCBr)CNC(=O)c1cc(C)ccc1OC. The molecule has 1 N–H and O–H groups in total. The largest absolute Gasteiger partial charge is 0.496 e. The predicted molar refractivity (Wildman–Crippen MR) is 86.9 cm³/mol. The van der Waals surface area contributed by atoms with Gasteiger partial charge in [-0.25, -0.2) is 0 Å². The van der Waals surface area contributed by atoms with Gasteiger partial charge in [-0.3, -0.25) is 4.79 Å². The van der Waals surface area contributed by atoms with E-state index in [4.69, 9.17) is 4.74 Å². The van der Waals surface area contributed by atoms with Gasteiger partial charge in [0.2, 0.25) is 0 Å². The van der Waals surface area contributed by atoms with Crippen LogP contribution in [0.4, 0.5) is 0 Å². The zero-order chi connectivity index (χ0) is 15.0. The zero-order valence-electron chi connectivity index (χ0n) is 12.5. The first kappa shape index (κ1) is 17.0. The van der Waals surface area contributed by atoms with E-state index in [1.807, 2.05) is 25.1 Å². The molecule has 0 saturated carbocycles. The normalized spacial score (nSPS) is 12.0. The van der Waals surface area contributed by atoms with Crippen molar-refractivity contribution in [3.8, 4) is 5.75 Å². The number of amides is 1. The quantitative estimate of drug-likeness (QED) is 0.727. The summed E-state index contributed by atoms with van der Waals surface area (Å²) in [4.78, 5) is 12.3. The predicted octanol–water partition coefficient (Wildman–Crippen LogP) is 3.93. The Balaban J connectivity index is 2.68. The third-order valence-electron chi connectivity index (χ3n) is 3.37. The Morgan fingerprint density at radius 1 is 1.40 bits per heavy atom. The van der Waals surface area contributed by atoms with Crippen LogP contribution >= 0.6 is 15.9 Å². The molecule has 0 fully saturated rings. The number of benzene rings is 1. The van der Waals surface area contributed by atoms with Crippen LogP contribution in [0, 0.1) is 12.8 Å². The summed E-state index contributed by atoms with van der Waals surface area (Å²) in [5.41, 5.74) is 1.67. The standard InChI is InChI=1S/C16H24BrNO2/c1-4-5-13(8-9-17)11-18-16(19)14-10-12(2)6-7-15(14)20-3/h6-7,10,13H,4-5,8-9,11H2,1-3H3,(H,18,19). The highest BCUT2D eigenvalue weighted by Gasteiger charge is 2.14. The van der Waals surface area contributed by atoms with Gasteiger partial charge in [-0.05, 0) is 37.8 Å². The first-order valence-corrected chi connectivity index (χ1v) is 8.23. The summed E-state index contributed by atoms with van der Waals surface area (Å²) >= 11 is 3.47. The maximum Gasteiger partial charge on any atom is 0.255 e. The Bertz CT molecular complexity index is 428. The molecule has 1 aromatic rings. The molecule has 1 amide bonds. The average Bonchev–Trinajstić information content (AvgIpc) is 2.45. The molecule has 1 aromatic carbocycles. The molecule has 0 spiro atoms. The fourth-order valence-electron chi connectivity index (χ4n) is 2.24. The van der Waals surface area contributed by atoms with Crippen molar-refractivity contribution in [3.05, 3.63) is 29.3 Å². The van der Waals surface area contributed by atoms with Crippen LogP contribution in [0.3, 0.4) is 0 Å². The molecular weight excluding hydrogens is 318 g/mol. The number of methoxy groups -OCH3 is 1. The maximum absolute atomic E-state index is 12.3.